The lowest BCUT2D eigenvalue weighted by atomic mass is 9.97. The Labute approximate surface area is 329 Å². The van der Waals surface area contributed by atoms with E-state index in [4.69, 9.17) is 11.5 Å². The number of hydrogen-bond donors (Lipinski definition) is 7. The number of rotatable bonds is 19. The first-order chi connectivity index (χ1) is 26.9. The highest BCUT2D eigenvalue weighted by atomic mass is 32.1. The molecule has 294 valence electrons. The van der Waals surface area contributed by atoms with Crippen molar-refractivity contribution in [3.63, 3.8) is 0 Å². The average Bonchev–Trinajstić information content (AvgIpc) is 3.81. The molecule has 0 saturated heterocycles. The second-order valence-corrected chi connectivity index (χ2v) is 14.9. The Kier molecular flexibility index (Phi) is 14.3. The summed E-state index contributed by atoms with van der Waals surface area (Å²) in [5.74, 6) is -2.84. The van der Waals surface area contributed by atoms with E-state index in [0.717, 1.165) is 21.2 Å². The summed E-state index contributed by atoms with van der Waals surface area (Å²) < 4.78 is 0.827. The summed E-state index contributed by atoms with van der Waals surface area (Å²) in [4.78, 5) is 80.4. The number of aromatic amines is 1. The van der Waals surface area contributed by atoms with Crippen LogP contribution in [-0.4, -0.2) is 76.1 Å². The van der Waals surface area contributed by atoms with Crippen LogP contribution in [0.1, 0.15) is 61.1 Å². The molecule has 0 aliphatic heterocycles. The van der Waals surface area contributed by atoms with Crippen molar-refractivity contribution in [3.8, 4) is 0 Å². The van der Waals surface area contributed by atoms with E-state index in [1.165, 1.54) is 18.3 Å². The number of guanidine groups is 1. The average molecular weight is 780 g/mol. The Bertz CT molecular complexity index is 2110. The molecule has 4 amide bonds. The van der Waals surface area contributed by atoms with Crippen molar-refractivity contribution in [2.75, 3.05) is 6.54 Å². The van der Waals surface area contributed by atoms with Crippen LogP contribution in [0.2, 0.25) is 0 Å². The molecule has 14 nitrogen and oxygen atoms in total. The maximum Gasteiger partial charge on any atom is 0.243 e. The maximum absolute atomic E-state index is 14.4. The van der Waals surface area contributed by atoms with Gasteiger partial charge in [0.1, 0.15) is 18.1 Å². The van der Waals surface area contributed by atoms with Gasteiger partial charge in [-0.2, -0.15) is 0 Å². The number of fused-ring (bicyclic) bond motifs is 2. The largest absolute Gasteiger partial charge is 0.370 e. The monoisotopic (exact) mass is 779 g/mol. The molecule has 0 aliphatic rings. The molecule has 2 heterocycles. The molecule has 1 unspecified atom stereocenters. The van der Waals surface area contributed by atoms with Crippen LogP contribution < -0.4 is 32.7 Å². The van der Waals surface area contributed by atoms with E-state index < -0.39 is 41.9 Å². The van der Waals surface area contributed by atoms with E-state index in [0.29, 0.717) is 24.1 Å². The Morgan fingerprint density at radius 3 is 2.12 bits per heavy atom. The van der Waals surface area contributed by atoms with Gasteiger partial charge in [-0.25, -0.2) is 4.98 Å². The van der Waals surface area contributed by atoms with Crippen LogP contribution >= 0.6 is 11.3 Å². The van der Waals surface area contributed by atoms with E-state index in [-0.39, 0.29) is 54.4 Å². The molecule has 0 radical (unpaired) electrons. The van der Waals surface area contributed by atoms with E-state index in [2.05, 4.69) is 36.2 Å². The number of nitrogens with two attached hydrogens (primary N) is 2. The Morgan fingerprint density at radius 2 is 1.45 bits per heavy atom. The van der Waals surface area contributed by atoms with E-state index in [1.807, 2.05) is 98.8 Å². The van der Waals surface area contributed by atoms with Crippen molar-refractivity contribution < 1.29 is 24.0 Å². The predicted octanol–water partition coefficient (Wildman–Crippen LogP) is 3.50. The second-order valence-electron chi connectivity index (χ2n) is 13.8. The highest BCUT2D eigenvalue weighted by molar-refractivity contribution is 7.20. The number of nitrogens with zero attached hydrogens (tertiary/aromatic N) is 2. The smallest absolute Gasteiger partial charge is 0.243 e. The normalized spacial score (nSPS) is 13.8. The molecule has 56 heavy (non-hydrogen) atoms. The number of thiazole rings is 1. The number of aliphatic imine (C=N–C) groups is 1. The third-order valence-electron chi connectivity index (χ3n) is 9.50. The molecule has 0 bridgehead atoms. The minimum absolute atomic E-state index is 0.0583. The summed E-state index contributed by atoms with van der Waals surface area (Å²) in [6, 6.07) is 21.8. The number of Topliss-reactive ketones (excluding diaryl/α,β-unsaturated/α-hetero) is 1. The van der Waals surface area contributed by atoms with Crippen LogP contribution in [0.25, 0.3) is 21.1 Å². The van der Waals surface area contributed by atoms with Gasteiger partial charge in [0.05, 0.1) is 16.3 Å². The number of amides is 4. The van der Waals surface area contributed by atoms with Crippen molar-refractivity contribution in [1.29, 1.82) is 0 Å². The van der Waals surface area contributed by atoms with Crippen molar-refractivity contribution in [3.05, 3.63) is 101 Å². The zero-order valence-corrected chi connectivity index (χ0v) is 32.5. The first kappa shape index (κ1) is 41.1. The standard InChI is InChI=1S/C41H49N9O5S/c1-4-24(2)35(45-25(3)51)39(55)49-33(23-28-22-27-15-8-9-16-29(27)46-28)38(54)48-32(21-26-13-6-5-7-14-26)37(53)47-31(18-12-20-44-41(42)43)36(52)40-50-30-17-10-11-19-34(30)56-40/h5-11,13-17,19,22,24,31-33,35,46H,4,12,18,20-21,23H2,1-3H3,(H,45,51)(H,47,53)(H,48,54)(H,49,55)(H4,42,43,44)/t24?,31-,32-,33+,35-/m0/s1. The van der Waals surface area contributed by atoms with Crippen molar-refractivity contribution in [1.82, 2.24) is 31.2 Å². The van der Waals surface area contributed by atoms with Crippen LogP contribution in [0.15, 0.2) is 89.9 Å². The lowest BCUT2D eigenvalue weighted by Gasteiger charge is -2.28. The fraction of sp³-hybridized carbons (Fsp3) is 0.341. The van der Waals surface area contributed by atoms with Crippen LogP contribution in [0.3, 0.4) is 0 Å². The summed E-state index contributed by atoms with van der Waals surface area (Å²) in [6.07, 6.45) is 1.31. The van der Waals surface area contributed by atoms with E-state index in [9.17, 15) is 24.0 Å². The molecule has 0 spiro atoms. The van der Waals surface area contributed by atoms with Crippen molar-refractivity contribution in [2.45, 2.75) is 77.0 Å². The first-order valence-electron chi connectivity index (χ1n) is 18.7. The zero-order chi connectivity index (χ0) is 40.2. The molecular weight excluding hydrogens is 731 g/mol. The van der Waals surface area contributed by atoms with Crippen LogP contribution in [-0.2, 0) is 32.0 Å². The van der Waals surface area contributed by atoms with Gasteiger partial charge < -0.3 is 37.7 Å². The fourth-order valence-corrected chi connectivity index (χ4v) is 7.32. The molecule has 5 rings (SSSR count). The molecular formula is C41H49N9O5S. The Hall–Kier alpha value is -6.09. The highest BCUT2D eigenvalue weighted by Crippen LogP contribution is 2.24. The number of ketones is 1. The summed E-state index contributed by atoms with van der Waals surface area (Å²) in [5.41, 5.74) is 14.0. The number of para-hydroxylation sites is 2. The van der Waals surface area contributed by atoms with Gasteiger partial charge in [-0.15, -0.1) is 11.3 Å². The van der Waals surface area contributed by atoms with Crippen molar-refractivity contribution >= 4 is 67.8 Å². The van der Waals surface area contributed by atoms with Gasteiger partial charge >= 0.3 is 0 Å². The van der Waals surface area contributed by atoms with Crippen molar-refractivity contribution in [2.24, 2.45) is 22.4 Å². The Morgan fingerprint density at radius 1 is 0.804 bits per heavy atom. The van der Waals surface area contributed by atoms with Crippen LogP contribution in [0.5, 0.6) is 0 Å². The minimum Gasteiger partial charge on any atom is -0.370 e. The number of carbonyl (C=O) groups excluding carboxylic acids is 5. The summed E-state index contributed by atoms with van der Waals surface area (Å²) in [6.45, 7) is 5.32. The van der Waals surface area contributed by atoms with Gasteiger partial charge in [0.15, 0.2) is 11.0 Å². The van der Waals surface area contributed by atoms with Gasteiger partial charge in [0.25, 0.3) is 0 Å². The van der Waals surface area contributed by atoms with Crippen LogP contribution in [0.4, 0.5) is 0 Å². The molecule has 0 aliphatic carbocycles. The third kappa shape index (κ3) is 11.2. The van der Waals surface area contributed by atoms with Gasteiger partial charge in [-0.05, 0) is 54.0 Å². The minimum atomic E-state index is -1.16. The second kappa shape index (κ2) is 19.5. The first-order valence-corrected chi connectivity index (χ1v) is 19.5. The topological polar surface area (TPSA) is 227 Å². The molecule has 3 aromatic carbocycles. The number of benzene rings is 3. The third-order valence-corrected chi connectivity index (χ3v) is 10.5. The van der Waals surface area contributed by atoms with Gasteiger partial charge in [-0.3, -0.25) is 29.0 Å². The quantitative estimate of drug-likeness (QED) is 0.0284. The lowest BCUT2D eigenvalue weighted by Crippen LogP contribution is -2.59. The van der Waals surface area contributed by atoms with Gasteiger partial charge in [0.2, 0.25) is 29.4 Å². The Balaban J connectivity index is 1.44. The predicted molar refractivity (Wildman–Crippen MR) is 219 cm³/mol. The fourth-order valence-electron chi connectivity index (χ4n) is 6.36. The summed E-state index contributed by atoms with van der Waals surface area (Å²) >= 11 is 1.23. The molecule has 15 heteroatoms. The molecule has 5 aromatic rings. The van der Waals surface area contributed by atoms with E-state index >= 15 is 0 Å². The number of aromatic nitrogens is 2. The molecule has 2 aromatic heterocycles. The maximum atomic E-state index is 14.4. The zero-order valence-electron chi connectivity index (χ0n) is 31.7. The number of carbonyl (C=O) groups is 5. The molecule has 0 saturated carbocycles. The van der Waals surface area contributed by atoms with Gasteiger partial charge in [-0.1, -0.05) is 80.9 Å². The number of H-pyrrole nitrogens is 1. The highest BCUT2D eigenvalue weighted by Gasteiger charge is 2.33. The van der Waals surface area contributed by atoms with E-state index in [1.54, 1.807) is 0 Å². The number of hydrogen-bond acceptors (Lipinski definition) is 8. The number of nitrogens with one attached hydrogen (secondary N) is 5. The summed E-state index contributed by atoms with van der Waals surface area (Å²) in [5, 5.41) is 12.5. The molecule has 9 N–H and O–H groups in total. The van der Waals surface area contributed by atoms with Gasteiger partial charge in [0, 0.05) is 37.5 Å². The SMILES string of the molecule is CCC(C)[C@H](NC(C)=O)C(=O)N[C@H](Cc1cc2ccccc2[nH]1)C(=O)N[C@@H](Cc1ccccc1)C(=O)N[C@@H](CCCN=C(N)N)C(=O)c1nc2ccccc2s1. The molecule has 5 atom stereocenters. The lowest BCUT2D eigenvalue weighted by molar-refractivity contribution is -0.134. The molecule has 0 fully saturated rings. The summed E-state index contributed by atoms with van der Waals surface area (Å²) in [7, 11) is 0. The van der Waals surface area contributed by atoms with Crippen LogP contribution in [0, 0.1) is 5.92 Å².